The monoisotopic (exact) mass is 454 g/mol. The molecular formula is C27H22N2O3S. The standard InChI is InChI=1S/C27H22N2O3S/c1-16(17-8-3-2-4-9-17)29-26(31)21-22(27(29)32)24(25(30)20-12-7-15-33-20)28-14-13-18-10-5-6-11-19(18)23(21)28/h2-16,21-24H,1H3/t16-,21+,22-,23?,24+/m1/s1. The van der Waals surface area contributed by atoms with E-state index in [9.17, 15) is 14.4 Å². The van der Waals surface area contributed by atoms with Gasteiger partial charge in [0.05, 0.1) is 28.8 Å². The van der Waals surface area contributed by atoms with Gasteiger partial charge >= 0.3 is 0 Å². The smallest absolute Gasteiger partial charge is 0.236 e. The second-order valence-electron chi connectivity index (χ2n) is 8.81. The molecule has 2 saturated heterocycles. The van der Waals surface area contributed by atoms with Crippen molar-refractivity contribution in [1.82, 2.24) is 9.80 Å². The number of amides is 2. The summed E-state index contributed by atoms with van der Waals surface area (Å²) in [6.07, 6.45) is 3.87. The molecule has 0 radical (unpaired) electrons. The van der Waals surface area contributed by atoms with Crippen LogP contribution in [0.25, 0.3) is 6.08 Å². The van der Waals surface area contributed by atoms with Crippen LogP contribution in [0.3, 0.4) is 0 Å². The van der Waals surface area contributed by atoms with E-state index in [1.165, 1.54) is 16.2 Å². The van der Waals surface area contributed by atoms with E-state index in [1.54, 1.807) is 6.07 Å². The number of imide groups is 1. The first-order chi connectivity index (χ1) is 16.1. The molecule has 0 spiro atoms. The van der Waals surface area contributed by atoms with Crippen molar-refractivity contribution >= 4 is 35.0 Å². The Kier molecular flexibility index (Phi) is 4.59. The zero-order chi connectivity index (χ0) is 22.7. The second-order valence-corrected chi connectivity index (χ2v) is 9.76. The number of carbonyl (C=O) groups excluding carboxylic acids is 3. The van der Waals surface area contributed by atoms with Gasteiger partial charge in [0.2, 0.25) is 11.8 Å². The highest BCUT2D eigenvalue weighted by molar-refractivity contribution is 7.12. The van der Waals surface area contributed by atoms with E-state index in [0.29, 0.717) is 4.88 Å². The maximum atomic E-state index is 13.9. The number of Topliss-reactive ketones (excluding diaryl/α,β-unsaturated/α-hetero) is 1. The SMILES string of the molecule is C[C@H](c1ccccc1)N1C(=O)[C@@H]2[C@H](C1=O)C1c3ccccc3C=CN1[C@@H]2C(=O)c1cccs1. The Bertz CT molecular complexity index is 1280. The van der Waals surface area contributed by atoms with Crippen molar-refractivity contribution in [3.63, 3.8) is 0 Å². The first-order valence-corrected chi connectivity index (χ1v) is 12.0. The lowest BCUT2D eigenvalue weighted by Crippen LogP contribution is -2.44. The van der Waals surface area contributed by atoms with E-state index < -0.39 is 23.9 Å². The van der Waals surface area contributed by atoms with Crippen LogP contribution in [0.4, 0.5) is 0 Å². The van der Waals surface area contributed by atoms with Crippen LogP contribution in [0, 0.1) is 11.8 Å². The van der Waals surface area contributed by atoms with Crippen molar-refractivity contribution in [2.45, 2.75) is 25.0 Å². The average Bonchev–Trinajstić information content (AvgIpc) is 3.55. The van der Waals surface area contributed by atoms with Gasteiger partial charge in [0.1, 0.15) is 6.04 Å². The Morgan fingerprint density at radius 1 is 0.909 bits per heavy atom. The zero-order valence-electron chi connectivity index (χ0n) is 18.0. The number of rotatable bonds is 4. The second kappa shape index (κ2) is 7.52. The number of hydrogen-bond donors (Lipinski definition) is 0. The summed E-state index contributed by atoms with van der Waals surface area (Å²) in [6, 6.07) is 19.7. The first kappa shape index (κ1) is 20.1. The van der Waals surface area contributed by atoms with Gasteiger partial charge < -0.3 is 4.90 Å². The van der Waals surface area contributed by atoms with E-state index in [1.807, 2.05) is 90.1 Å². The van der Waals surface area contributed by atoms with Gasteiger partial charge in [0.25, 0.3) is 0 Å². The number of nitrogens with zero attached hydrogens (tertiary/aromatic N) is 2. The molecule has 6 heteroatoms. The molecule has 5 atom stereocenters. The number of thiophene rings is 1. The fourth-order valence-electron chi connectivity index (χ4n) is 5.71. The van der Waals surface area contributed by atoms with Gasteiger partial charge in [-0.1, -0.05) is 60.7 Å². The lowest BCUT2D eigenvalue weighted by Gasteiger charge is -2.36. The van der Waals surface area contributed by atoms with Gasteiger partial charge in [-0.15, -0.1) is 11.3 Å². The van der Waals surface area contributed by atoms with Gasteiger partial charge in [-0.2, -0.15) is 0 Å². The Hall–Kier alpha value is -3.51. The Morgan fingerprint density at radius 3 is 2.39 bits per heavy atom. The first-order valence-electron chi connectivity index (χ1n) is 11.1. The highest BCUT2D eigenvalue weighted by atomic mass is 32.1. The minimum Gasteiger partial charge on any atom is -0.358 e. The molecule has 1 aromatic heterocycles. The number of likely N-dealkylation sites (tertiary alicyclic amines) is 1. The summed E-state index contributed by atoms with van der Waals surface area (Å²) < 4.78 is 0. The highest BCUT2D eigenvalue weighted by Crippen LogP contribution is 2.54. The minimum absolute atomic E-state index is 0.0955. The lowest BCUT2D eigenvalue weighted by molar-refractivity contribution is -0.143. The molecule has 3 aromatic rings. The number of hydrogen-bond acceptors (Lipinski definition) is 5. The molecule has 0 N–H and O–H groups in total. The molecule has 1 unspecified atom stereocenters. The molecule has 33 heavy (non-hydrogen) atoms. The summed E-state index contributed by atoms with van der Waals surface area (Å²) in [5.41, 5.74) is 2.92. The molecule has 3 aliphatic rings. The van der Waals surface area contributed by atoms with E-state index in [0.717, 1.165) is 16.7 Å². The van der Waals surface area contributed by atoms with Crippen LogP contribution in [0.5, 0.6) is 0 Å². The van der Waals surface area contributed by atoms with Crippen molar-refractivity contribution in [3.05, 3.63) is 99.9 Å². The summed E-state index contributed by atoms with van der Waals surface area (Å²) >= 11 is 1.37. The van der Waals surface area contributed by atoms with Crippen LogP contribution in [0.2, 0.25) is 0 Å². The maximum absolute atomic E-state index is 13.9. The molecular weight excluding hydrogens is 432 g/mol. The number of carbonyl (C=O) groups is 3. The Balaban J connectivity index is 1.48. The quantitative estimate of drug-likeness (QED) is 0.423. The molecule has 2 fully saturated rings. The zero-order valence-corrected chi connectivity index (χ0v) is 18.8. The molecule has 164 valence electrons. The molecule has 0 saturated carbocycles. The fourth-order valence-corrected chi connectivity index (χ4v) is 6.40. The summed E-state index contributed by atoms with van der Waals surface area (Å²) in [5, 5.41) is 1.86. The van der Waals surface area contributed by atoms with Crippen molar-refractivity contribution in [2.75, 3.05) is 0 Å². The third kappa shape index (κ3) is 2.87. The van der Waals surface area contributed by atoms with Crippen molar-refractivity contribution < 1.29 is 14.4 Å². The van der Waals surface area contributed by atoms with Gasteiger partial charge in [0, 0.05) is 6.20 Å². The fraction of sp³-hybridized carbons (Fsp3) is 0.222. The average molecular weight is 455 g/mol. The van der Waals surface area contributed by atoms with Crippen LogP contribution in [-0.2, 0) is 9.59 Å². The van der Waals surface area contributed by atoms with Crippen LogP contribution < -0.4 is 0 Å². The molecule has 2 aromatic carbocycles. The van der Waals surface area contributed by atoms with E-state index in [4.69, 9.17) is 0 Å². The largest absolute Gasteiger partial charge is 0.358 e. The summed E-state index contributed by atoms with van der Waals surface area (Å²) in [5.74, 6) is -1.84. The van der Waals surface area contributed by atoms with Gasteiger partial charge in [0.15, 0.2) is 5.78 Å². The van der Waals surface area contributed by atoms with Crippen molar-refractivity contribution in [2.24, 2.45) is 11.8 Å². The number of fused-ring (bicyclic) bond motifs is 5. The van der Waals surface area contributed by atoms with Crippen LogP contribution >= 0.6 is 11.3 Å². The third-order valence-electron chi connectivity index (χ3n) is 7.20. The molecule has 2 amide bonds. The van der Waals surface area contributed by atoms with E-state index in [-0.39, 0.29) is 23.6 Å². The molecule has 5 nitrogen and oxygen atoms in total. The molecule has 0 bridgehead atoms. The van der Waals surface area contributed by atoms with Crippen LogP contribution in [0.1, 0.15) is 45.4 Å². The third-order valence-corrected chi connectivity index (χ3v) is 8.08. The number of benzene rings is 2. The Morgan fingerprint density at radius 2 is 1.64 bits per heavy atom. The van der Waals surface area contributed by atoms with E-state index >= 15 is 0 Å². The van der Waals surface area contributed by atoms with Crippen molar-refractivity contribution in [1.29, 1.82) is 0 Å². The van der Waals surface area contributed by atoms with Gasteiger partial charge in [-0.05, 0) is 41.1 Å². The summed E-state index contributed by atoms with van der Waals surface area (Å²) in [6.45, 7) is 1.88. The predicted octanol–water partition coefficient (Wildman–Crippen LogP) is 4.70. The summed E-state index contributed by atoms with van der Waals surface area (Å²) in [4.78, 5) is 45.4. The van der Waals surface area contributed by atoms with Gasteiger partial charge in [-0.3, -0.25) is 19.3 Å². The molecule has 3 aliphatic heterocycles. The highest BCUT2D eigenvalue weighted by Gasteiger charge is 2.64. The molecule has 0 aliphatic carbocycles. The lowest BCUT2D eigenvalue weighted by atomic mass is 9.84. The topological polar surface area (TPSA) is 57.7 Å². The van der Waals surface area contributed by atoms with Crippen LogP contribution in [0.15, 0.2) is 78.3 Å². The normalized spacial score (nSPS) is 26.2. The maximum Gasteiger partial charge on any atom is 0.236 e. The van der Waals surface area contributed by atoms with Gasteiger partial charge in [-0.25, -0.2) is 0 Å². The van der Waals surface area contributed by atoms with E-state index in [2.05, 4.69) is 0 Å². The van der Waals surface area contributed by atoms with Crippen molar-refractivity contribution in [3.8, 4) is 0 Å². The van der Waals surface area contributed by atoms with Crippen LogP contribution in [-0.4, -0.2) is 33.4 Å². The summed E-state index contributed by atoms with van der Waals surface area (Å²) in [7, 11) is 0. The Labute approximate surface area is 195 Å². The minimum atomic E-state index is -0.709. The molecule has 6 rings (SSSR count). The number of ketones is 1. The molecule has 4 heterocycles. The predicted molar refractivity (Wildman–Crippen MR) is 126 cm³/mol.